The normalized spacial score (nSPS) is 22.9. The van der Waals surface area contributed by atoms with Crippen molar-refractivity contribution in [1.29, 1.82) is 0 Å². The fourth-order valence-corrected chi connectivity index (χ4v) is 3.64. The predicted molar refractivity (Wildman–Crippen MR) is 68.1 cm³/mol. The molecule has 1 spiro atoms. The number of hydrogen-bond acceptors (Lipinski definition) is 3. The minimum atomic E-state index is -0.412. The first-order valence-corrected chi connectivity index (χ1v) is 6.79. The summed E-state index contributed by atoms with van der Waals surface area (Å²) >= 11 is 0. The number of esters is 1. The quantitative estimate of drug-likeness (QED) is 0.769. The van der Waals surface area contributed by atoms with Gasteiger partial charge in [-0.15, -0.1) is 0 Å². The van der Waals surface area contributed by atoms with Gasteiger partial charge in [0.05, 0.1) is 12.0 Å². The van der Waals surface area contributed by atoms with Gasteiger partial charge in [0.15, 0.2) is 0 Å². The molecular formula is C15H19NO2. The van der Waals surface area contributed by atoms with Gasteiger partial charge in [-0.1, -0.05) is 12.5 Å². The zero-order valence-electron chi connectivity index (χ0n) is 10.8. The van der Waals surface area contributed by atoms with E-state index in [1.807, 2.05) is 25.3 Å². The zero-order valence-corrected chi connectivity index (χ0v) is 10.8. The number of carbonyl (C=O) groups excluding carboxylic acids is 1. The summed E-state index contributed by atoms with van der Waals surface area (Å²) in [5.74, 6) is -0.0597. The number of ether oxygens (including phenoxy) is 1. The molecule has 2 saturated carbocycles. The standard InChI is InChI=1S/C15H19NO2/c1-2-18-13(17)15(12-5-3-8-16-9-12)10-14(11-15)6-4-7-14/h3,5,8-9H,2,4,6-7,10-11H2,1H3. The van der Waals surface area contributed by atoms with Crippen LogP contribution in [0.2, 0.25) is 0 Å². The third-order valence-electron chi connectivity index (χ3n) is 4.65. The number of pyridine rings is 1. The van der Waals surface area contributed by atoms with Crippen LogP contribution in [0.25, 0.3) is 0 Å². The molecule has 0 amide bonds. The molecule has 3 rings (SSSR count). The molecule has 2 aliphatic rings. The number of hydrogen-bond donors (Lipinski definition) is 0. The third kappa shape index (κ3) is 1.57. The van der Waals surface area contributed by atoms with Crippen LogP contribution in [0.3, 0.4) is 0 Å². The van der Waals surface area contributed by atoms with E-state index in [9.17, 15) is 4.79 Å². The number of nitrogens with zero attached hydrogens (tertiary/aromatic N) is 1. The van der Waals surface area contributed by atoms with Gasteiger partial charge < -0.3 is 4.74 Å². The van der Waals surface area contributed by atoms with Crippen LogP contribution in [0, 0.1) is 5.41 Å². The molecule has 0 unspecified atom stereocenters. The van der Waals surface area contributed by atoms with Gasteiger partial charge in [0.2, 0.25) is 0 Å². The van der Waals surface area contributed by atoms with E-state index >= 15 is 0 Å². The molecule has 1 aromatic rings. The van der Waals surface area contributed by atoms with E-state index in [0.29, 0.717) is 12.0 Å². The lowest BCUT2D eigenvalue weighted by molar-refractivity contribution is -0.166. The van der Waals surface area contributed by atoms with E-state index in [1.54, 1.807) is 6.20 Å². The summed E-state index contributed by atoms with van der Waals surface area (Å²) in [5, 5.41) is 0. The van der Waals surface area contributed by atoms with Crippen molar-refractivity contribution in [3.63, 3.8) is 0 Å². The largest absolute Gasteiger partial charge is 0.465 e. The van der Waals surface area contributed by atoms with Gasteiger partial charge in [0.25, 0.3) is 0 Å². The van der Waals surface area contributed by atoms with Crippen LogP contribution in [-0.4, -0.2) is 17.6 Å². The second-order valence-corrected chi connectivity index (χ2v) is 5.75. The highest BCUT2D eigenvalue weighted by atomic mass is 16.5. The van der Waals surface area contributed by atoms with Crippen molar-refractivity contribution in [1.82, 2.24) is 4.98 Å². The summed E-state index contributed by atoms with van der Waals surface area (Å²) in [4.78, 5) is 16.5. The summed E-state index contributed by atoms with van der Waals surface area (Å²) in [7, 11) is 0. The van der Waals surface area contributed by atoms with Gasteiger partial charge in [0.1, 0.15) is 0 Å². The molecule has 1 aromatic heterocycles. The van der Waals surface area contributed by atoms with Crippen LogP contribution < -0.4 is 0 Å². The Morgan fingerprint density at radius 2 is 2.22 bits per heavy atom. The van der Waals surface area contributed by atoms with E-state index in [0.717, 1.165) is 18.4 Å². The first-order valence-electron chi connectivity index (χ1n) is 6.79. The predicted octanol–water partition coefficient (Wildman–Crippen LogP) is 2.85. The minimum Gasteiger partial charge on any atom is -0.465 e. The maximum absolute atomic E-state index is 12.3. The lowest BCUT2D eigenvalue weighted by Gasteiger charge is -2.59. The maximum Gasteiger partial charge on any atom is 0.316 e. The Kier molecular flexibility index (Phi) is 2.65. The second kappa shape index (κ2) is 4.08. The van der Waals surface area contributed by atoms with E-state index in [1.165, 1.54) is 19.3 Å². The monoisotopic (exact) mass is 245 g/mol. The minimum absolute atomic E-state index is 0.0597. The van der Waals surface area contributed by atoms with Crippen LogP contribution in [0.1, 0.15) is 44.6 Å². The molecule has 0 saturated heterocycles. The van der Waals surface area contributed by atoms with Gasteiger partial charge in [-0.2, -0.15) is 0 Å². The highest BCUT2D eigenvalue weighted by Crippen LogP contribution is 2.65. The smallest absolute Gasteiger partial charge is 0.316 e. The molecule has 0 aromatic carbocycles. The third-order valence-corrected chi connectivity index (χ3v) is 4.65. The first-order chi connectivity index (χ1) is 8.71. The molecule has 0 N–H and O–H groups in total. The highest BCUT2D eigenvalue weighted by molar-refractivity contribution is 5.85. The second-order valence-electron chi connectivity index (χ2n) is 5.75. The van der Waals surface area contributed by atoms with Gasteiger partial charge in [-0.25, -0.2) is 0 Å². The molecule has 96 valence electrons. The summed E-state index contributed by atoms with van der Waals surface area (Å²) in [5.41, 5.74) is 1.05. The van der Waals surface area contributed by atoms with Crippen molar-refractivity contribution in [2.24, 2.45) is 5.41 Å². The summed E-state index contributed by atoms with van der Waals surface area (Å²) < 4.78 is 5.30. The van der Waals surface area contributed by atoms with Crippen LogP contribution >= 0.6 is 0 Å². The van der Waals surface area contributed by atoms with Crippen molar-refractivity contribution in [2.45, 2.75) is 44.4 Å². The van der Waals surface area contributed by atoms with Crippen LogP contribution in [0.5, 0.6) is 0 Å². The average molecular weight is 245 g/mol. The van der Waals surface area contributed by atoms with E-state index in [-0.39, 0.29) is 5.97 Å². The van der Waals surface area contributed by atoms with Crippen molar-refractivity contribution in [2.75, 3.05) is 6.61 Å². The van der Waals surface area contributed by atoms with E-state index in [2.05, 4.69) is 4.98 Å². The van der Waals surface area contributed by atoms with Crippen LogP contribution in [-0.2, 0) is 14.9 Å². The van der Waals surface area contributed by atoms with Gasteiger partial charge in [-0.05, 0) is 49.7 Å². The lowest BCUT2D eigenvalue weighted by atomic mass is 9.44. The zero-order chi connectivity index (χ0) is 12.6. The molecule has 0 radical (unpaired) electrons. The fraction of sp³-hybridized carbons (Fsp3) is 0.600. The highest BCUT2D eigenvalue weighted by Gasteiger charge is 2.62. The summed E-state index contributed by atoms with van der Waals surface area (Å²) in [6, 6.07) is 3.91. The Balaban J connectivity index is 1.88. The van der Waals surface area contributed by atoms with Gasteiger partial charge >= 0.3 is 5.97 Å². The SMILES string of the molecule is CCOC(=O)C1(c2cccnc2)CC2(CCC2)C1. The van der Waals surface area contributed by atoms with Gasteiger partial charge in [-0.3, -0.25) is 9.78 Å². The molecule has 0 atom stereocenters. The van der Waals surface area contributed by atoms with Crippen LogP contribution in [0.4, 0.5) is 0 Å². The molecule has 2 aliphatic carbocycles. The molecular weight excluding hydrogens is 226 g/mol. The Labute approximate surface area is 108 Å². The average Bonchev–Trinajstić information content (AvgIpc) is 2.28. The molecule has 2 fully saturated rings. The van der Waals surface area contributed by atoms with Crippen molar-refractivity contribution < 1.29 is 9.53 Å². The summed E-state index contributed by atoms with van der Waals surface area (Å²) in [6.45, 7) is 2.32. The Morgan fingerprint density at radius 1 is 1.44 bits per heavy atom. The first kappa shape index (κ1) is 11.7. The van der Waals surface area contributed by atoms with Crippen molar-refractivity contribution >= 4 is 5.97 Å². The molecule has 18 heavy (non-hydrogen) atoms. The summed E-state index contributed by atoms with van der Waals surface area (Å²) in [6.07, 6.45) is 9.33. The van der Waals surface area contributed by atoms with Crippen molar-refractivity contribution in [3.8, 4) is 0 Å². The van der Waals surface area contributed by atoms with E-state index < -0.39 is 5.41 Å². The van der Waals surface area contributed by atoms with E-state index in [4.69, 9.17) is 4.74 Å². The number of rotatable bonds is 3. The number of carbonyl (C=O) groups is 1. The van der Waals surface area contributed by atoms with Crippen molar-refractivity contribution in [3.05, 3.63) is 30.1 Å². The lowest BCUT2D eigenvalue weighted by Crippen LogP contribution is -2.57. The Hall–Kier alpha value is -1.38. The maximum atomic E-state index is 12.3. The molecule has 3 nitrogen and oxygen atoms in total. The molecule has 1 heterocycles. The number of aromatic nitrogens is 1. The van der Waals surface area contributed by atoms with Gasteiger partial charge in [0, 0.05) is 12.4 Å². The Bertz CT molecular complexity index is 443. The molecule has 3 heteroatoms. The molecule has 0 aliphatic heterocycles. The molecule has 0 bridgehead atoms. The fourth-order valence-electron chi connectivity index (χ4n) is 3.64. The topological polar surface area (TPSA) is 39.2 Å². The Morgan fingerprint density at radius 3 is 2.72 bits per heavy atom. The van der Waals surface area contributed by atoms with Crippen LogP contribution in [0.15, 0.2) is 24.5 Å².